The molecule has 0 spiro atoms. The molecule has 3 unspecified atom stereocenters. The summed E-state index contributed by atoms with van der Waals surface area (Å²) in [6.45, 7) is 8.39. The van der Waals surface area contributed by atoms with Gasteiger partial charge in [0.1, 0.15) is 0 Å². The molecule has 1 aromatic heterocycles. The van der Waals surface area contributed by atoms with Gasteiger partial charge in [0.15, 0.2) is 0 Å². The number of thiophene rings is 1. The molecule has 1 fully saturated rings. The van der Waals surface area contributed by atoms with E-state index in [2.05, 4.69) is 32.2 Å². The number of rotatable bonds is 5. The lowest BCUT2D eigenvalue weighted by Crippen LogP contribution is -2.31. The molecule has 1 aliphatic rings. The van der Waals surface area contributed by atoms with Crippen LogP contribution in [0.5, 0.6) is 0 Å². The summed E-state index contributed by atoms with van der Waals surface area (Å²) in [5.41, 5.74) is 1.19. The topological polar surface area (TPSA) is 21.3 Å². The van der Waals surface area contributed by atoms with E-state index in [0.717, 1.165) is 30.3 Å². The maximum absolute atomic E-state index is 6.21. The molecule has 18 heavy (non-hydrogen) atoms. The summed E-state index contributed by atoms with van der Waals surface area (Å²) in [7, 11) is 0. The first-order valence-electron chi connectivity index (χ1n) is 6.74. The molecule has 0 aliphatic carbocycles. The van der Waals surface area contributed by atoms with E-state index >= 15 is 0 Å². The van der Waals surface area contributed by atoms with Gasteiger partial charge < -0.3 is 10.1 Å². The molecule has 0 aromatic carbocycles. The maximum Gasteiger partial charge on any atom is 0.0960 e. The van der Waals surface area contributed by atoms with Crippen molar-refractivity contribution in [3.63, 3.8) is 0 Å². The predicted molar refractivity (Wildman–Crippen MR) is 78.6 cm³/mol. The second-order valence-corrected chi connectivity index (χ2v) is 6.75. The van der Waals surface area contributed by atoms with Gasteiger partial charge in [-0.1, -0.05) is 18.5 Å². The van der Waals surface area contributed by atoms with Crippen LogP contribution in [0.4, 0.5) is 0 Å². The quantitative estimate of drug-likeness (QED) is 0.877. The van der Waals surface area contributed by atoms with Crippen molar-refractivity contribution >= 4 is 22.9 Å². The van der Waals surface area contributed by atoms with Crippen molar-refractivity contribution < 1.29 is 4.74 Å². The highest BCUT2D eigenvalue weighted by Gasteiger charge is 2.33. The molecule has 0 bridgehead atoms. The third-order valence-corrected chi connectivity index (χ3v) is 5.30. The molecule has 0 amide bonds. The summed E-state index contributed by atoms with van der Waals surface area (Å²) in [5, 5.41) is 3.67. The first-order chi connectivity index (χ1) is 8.63. The van der Waals surface area contributed by atoms with E-state index in [0.29, 0.717) is 18.1 Å². The van der Waals surface area contributed by atoms with Crippen LogP contribution in [0.25, 0.3) is 0 Å². The first-order valence-corrected chi connectivity index (χ1v) is 7.93. The zero-order chi connectivity index (χ0) is 13.1. The summed E-state index contributed by atoms with van der Waals surface area (Å²) in [6.07, 6.45) is 2.62. The summed E-state index contributed by atoms with van der Waals surface area (Å²) in [4.78, 5) is 1.35. The summed E-state index contributed by atoms with van der Waals surface area (Å²) >= 11 is 7.92. The largest absolute Gasteiger partial charge is 0.378 e. The standard InChI is InChI=1S/C14H22ClNOS/c1-4-6-16-13(11-5-7-17-10(11)3)12-8-9(2)14(15)18-12/h8,10-11,13,16H,4-7H2,1-3H3. The Hall–Kier alpha value is -0.0900. The van der Waals surface area contributed by atoms with Gasteiger partial charge in [0.2, 0.25) is 0 Å². The van der Waals surface area contributed by atoms with Crippen molar-refractivity contribution in [3.8, 4) is 0 Å². The number of aryl methyl sites for hydroxylation is 1. The first kappa shape index (κ1) is 14.3. The van der Waals surface area contributed by atoms with Crippen LogP contribution >= 0.6 is 22.9 Å². The third kappa shape index (κ3) is 3.08. The van der Waals surface area contributed by atoms with E-state index in [-0.39, 0.29) is 0 Å². The van der Waals surface area contributed by atoms with E-state index < -0.39 is 0 Å². The fourth-order valence-electron chi connectivity index (χ4n) is 2.59. The van der Waals surface area contributed by atoms with Crippen molar-refractivity contribution in [2.45, 2.75) is 45.8 Å². The molecule has 102 valence electrons. The SMILES string of the molecule is CCCNC(c1cc(C)c(Cl)s1)C1CCOC1C. The molecule has 1 N–H and O–H groups in total. The molecule has 1 saturated heterocycles. The number of nitrogens with one attached hydrogen (secondary N) is 1. The van der Waals surface area contributed by atoms with Crippen molar-refractivity contribution in [2.75, 3.05) is 13.2 Å². The van der Waals surface area contributed by atoms with E-state index in [4.69, 9.17) is 16.3 Å². The molecule has 2 heterocycles. The van der Waals surface area contributed by atoms with Crippen molar-refractivity contribution in [1.29, 1.82) is 0 Å². The van der Waals surface area contributed by atoms with Crippen LogP contribution < -0.4 is 5.32 Å². The van der Waals surface area contributed by atoms with E-state index in [1.807, 2.05) is 0 Å². The van der Waals surface area contributed by atoms with E-state index in [1.165, 1.54) is 10.4 Å². The van der Waals surface area contributed by atoms with Crippen molar-refractivity contribution in [1.82, 2.24) is 5.32 Å². The van der Waals surface area contributed by atoms with Crippen LogP contribution in [0, 0.1) is 12.8 Å². The molecule has 3 atom stereocenters. The molecule has 0 saturated carbocycles. The normalized spacial score (nSPS) is 25.6. The fourth-order valence-corrected chi connectivity index (χ4v) is 3.96. The Morgan fingerprint density at radius 3 is 2.89 bits per heavy atom. The van der Waals surface area contributed by atoms with Crippen LogP contribution in [0.2, 0.25) is 4.34 Å². The van der Waals surface area contributed by atoms with Gasteiger partial charge in [-0.05, 0) is 44.9 Å². The number of halogens is 1. The molecule has 1 aliphatic heterocycles. The second kappa shape index (κ2) is 6.38. The average molecular weight is 288 g/mol. The second-order valence-electron chi connectivity index (χ2n) is 5.07. The minimum Gasteiger partial charge on any atom is -0.378 e. The Labute approximate surface area is 119 Å². The summed E-state index contributed by atoms with van der Waals surface area (Å²) in [5.74, 6) is 0.561. The fraction of sp³-hybridized carbons (Fsp3) is 0.714. The molecule has 2 nitrogen and oxygen atoms in total. The van der Waals surface area contributed by atoms with Gasteiger partial charge in [-0.25, -0.2) is 0 Å². The highest BCUT2D eigenvalue weighted by Crippen LogP contribution is 2.39. The van der Waals surface area contributed by atoms with Gasteiger partial charge in [0, 0.05) is 23.4 Å². The zero-order valence-electron chi connectivity index (χ0n) is 11.3. The molecular weight excluding hydrogens is 266 g/mol. The van der Waals surface area contributed by atoms with Gasteiger partial charge in [-0.2, -0.15) is 0 Å². The Morgan fingerprint density at radius 2 is 2.39 bits per heavy atom. The van der Waals surface area contributed by atoms with Gasteiger partial charge in [0.25, 0.3) is 0 Å². The lowest BCUT2D eigenvalue weighted by molar-refractivity contribution is 0.0957. The molecule has 4 heteroatoms. The van der Waals surface area contributed by atoms with Gasteiger partial charge in [-0.15, -0.1) is 11.3 Å². The van der Waals surface area contributed by atoms with Crippen molar-refractivity contribution in [3.05, 3.63) is 20.8 Å². The molecular formula is C14H22ClNOS. The summed E-state index contributed by atoms with van der Waals surface area (Å²) in [6, 6.07) is 2.62. The van der Waals surface area contributed by atoms with E-state index in [1.54, 1.807) is 11.3 Å². The minimum absolute atomic E-state index is 0.334. The summed E-state index contributed by atoms with van der Waals surface area (Å²) < 4.78 is 6.63. The van der Waals surface area contributed by atoms with Crippen LogP contribution in [0.15, 0.2) is 6.07 Å². The molecule has 0 radical (unpaired) electrons. The average Bonchev–Trinajstić information content (AvgIpc) is 2.88. The predicted octanol–water partition coefficient (Wildman–Crippen LogP) is 4.18. The van der Waals surface area contributed by atoms with Crippen LogP contribution in [0.1, 0.15) is 43.2 Å². The third-order valence-electron chi connectivity index (χ3n) is 3.66. The Morgan fingerprint density at radius 1 is 1.61 bits per heavy atom. The van der Waals surface area contributed by atoms with Crippen LogP contribution in [0.3, 0.4) is 0 Å². The number of ether oxygens (including phenoxy) is 1. The van der Waals surface area contributed by atoms with Crippen LogP contribution in [-0.4, -0.2) is 19.3 Å². The van der Waals surface area contributed by atoms with Gasteiger partial charge in [0.05, 0.1) is 10.4 Å². The number of hydrogen-bond donors (Lipinski definition) is 1. The Kier molecular flexibility index (Phi) is 5.07. The Balaban J connectivity index is 2.18. The van der Waals surface area contributed by atoms with Crippen LogP contribution in [-0.2, 0) is 4.74 Å². The number of hydrogen-bond acceptors (Lipinski definition) is 3. The zero-order valence-corrected chi connectivity index (χ0v) is 12.9. The highest BCUT2D eigenvalue weighted by molar-refractivity contribution is 7.16. The lowest BCUT2D eigenvalue weighted by atomic mass is 9.92. The highest BCUT2D eigenvalue weighted by atomic mass is 35.5. The van der Waals surface area contributed by atoms with Gasteiger partial charge >= 0.3 is 0 Å². The molecule has 2 rings (SSSR count). The van der Waals surface area contributed by atoms with Crippen molar-refractivity contribution in [2.24, 2.45) is 5.92 Å². The monoisotopic (exact) mass is 287 g/mol. The molecule has 1 aromatic rings. The van der Waals surface area contributed by atoms with E-state index in [9.17, 15) is 0 Å². The smallest absolute Gasteiger partial charge is 0.0960 e. The minimum atomic E-state index is 0.334. The van der Waals surface area contributed by atoms with Gasteiger partial charge in [-0.3, -0.25) is 0 Å². The maximum atomic E-state index is 6.21. The lowest BCUT2D eigenvalue weighted by Gasteiger charge is -2.26. The Bertz CT molecular complexity index is 374.